The first kappa shape index (κ1) is 13.8. The Morgan fingerprint density at radius 1 is 1.35 bits per heavy atom. The van der Waals surface area contributed by atoms with Gasteiger partial charge in [-0.15, -0.1) is 0 Å². The summed E-state index contributed by atoms with van der Waals surface area (Å²) < 4.78 is 9.98. The first-order chi connectivity index (χ1) is 9.60. The van der Waals surface area contributed by atoms with Gasteiger partial charge in [0, 0.05) is 0 Å². The zero-order valence-electron chi connectivity index (χ0n) is 11.1. The minimum atomic E-state index is -0.641. The Bertz CT molecular complexity index is 681. The van der Waals surface area contributed by atoms with Gasteiger partial charge in [0.25, 0.3) is 0 Å². The molecule has 0 aromatic heterocycles. The minimum Gasteiger partial charge on any atom is -0.490 e. The van der Waals surface area contributed by atoms with E-state index in [1.807, 2.05) is 0 Å². The molecule has 0 aliphatic heterocycles. The second kappa shape index (κ2) is 5.56. The molecule has 2 aromatic carbocycles. The summed E-state index contributed by atoms with van der Waals surface area (Å²) in [5.41, 5.74) is -0.173. The lowest BCUT2D eigenvalue weighted by molar-refractivity contribution is -0.384. The third-order valence-electron chi connectivity index (χ3n) is 2.86. The summed E-state index contributed by atoms with van der Waals surface area (Å²) in [4.78, 5) is 22.7. The highest BCUT2D eigenvalue weighted by atomic mass is 16.6. The highest BCUT2D eigenvalue weighted by Gasteiger charge is 2.27. The van der Waals surface area contributed by atoms with E-state index in [9.17, 15) is 14.9 Å². The summed E-state index contributed by atoms with van der Waals surface area (Å²) >= 11 is 0. The number of carbonyl (C=O) groups is 1. The summed E-state index contributed by atoms with van der Waals surface area (Å²) in [7, 11) is 1.29. The number of carbonyl (C=O) groups excluding carboxylic acids is 1. The average molecular weight is 275 g/mol. The van der Waals surface area contributed by atoms with Gasteiger partial charge in [-0.3, -0.25) is 10.1 Å². The van der Waals surface area contributed by atoms with Crippen LogP contribution in [0, 0.1) is 10.1 Å². The minimum absolute atomic E-state index is 0.0553. The number of hydrogen-bond donors (Lipinski definition) is 0. The zero-order chi connectivity index (χ0) is 14.7. The molecule has 6 nitrogen and oxygen atoms in total. The van der Waals surface area contributed by atoms with Crippen LogP contribution in [0.4, 0.5) is 5.69 Å². The monoisotopic (exact) mass is 275 g/mol. The topological polar surface area (TPSA) is 78.7 Å². The van der Waals surface area contributed by atoms with Gasteiger partial charge in [-0.05, 0) is 24.4 Å². The van der Waals surface area contributed by atoms with Crippen molar-refractivity contribution < 1.29 is 19.2 Å². The predicted octanol–water partition coefficient (Wildman–Crippen LogP) is 2.93. The van der Waals surface area contributed by atoms with Gasteiger partial charge in [0.2, 0.25) is 5.75 Å². The van der Waals surface area contributed by atoms with Crippen molar-refractivity contribution in [2.45, 2.75) is 6.92 Å². The number of methoxy groups -OCH3 is 1. The standard InChI is InChI=1S/C14H13NO5/c1-3-20-14(16)11-8-9-6-4-5-7-10(9)12(15(17)18)13(11)19-2/h4-8H,3H2,1-2H3. The molecule has 0 unspecified atom stereocenters. The van der Waals surface area contributed by atoms with E-state index in [1.165, 1.54) is 7.11 Å². The Morgan fingerprint density at radius 3 is 2.65 bits per heavy atom. The lowest BCUT2D eigenvalue weighted by Gasteiger charge is -2.10. The third-order valence-corrected chi connectivity index (χ3v) is 2.86. The van der Waals surface area contributed by atoms with Crippen molar-refractivity contribution in [3.05, 3.63) is 46.0 Å². The van der Waals surface area contributed by atoms with E-state index >= 15 is 0 Å². The van der Waals surface area contributed by atoms with Gasteiger partial charge in [0.1, 0.15) is 5.56 Å². The molecule has 0 saturated carbocycles. The maximum absolute atomic E-state index is 11.9. The van der Waals surface area contributed by atoms with Crippen LogP contribution in [0.5, 0.6) is 5.75 Å². The van der Waals surface area contributed by atoms with Gasteiger partial charge >= 0.3 is 11.7 Å². The van der Waals surface area contributed by atoms with Crippen molar-refractivity contribution in [2.75, 3.05) is 13.7 Å². The number of hydrogen-bond acceptors (Lipinski definition) is 5. The summed E-state index contributed by atoms with van der Waals surface area (Å²) in [6, 6.07) is 8.29. The van der Waals surface area contributed by atoms with Gasteiger partial charge in [-0.2, -0.15) is 0 Å². The molecule has 0 aliphatic rings. The lowest BCUT2D eigenvalue weighted by Crippen LogP contribution is -2.08. The Hall–Kier alpha value is -2.63. The molecule has 0 heterocycles. The highest BCUT2D eigenvalue weighted by Crippen LogP contribution is 2.38. The van der Waals surface area contributed by atoms with Crippen LogP contribution in [0.1, 0.15) is 17.3 Å². The van der Waals surface area contributed by atoms with Crippen molar-refractivity contribution in [3.63, 3.8) is 0 Å². The Kier molecular flexibility index (Phi) is 3.84. The molecular weight excluding hydrogens is 262 g/mol. The van der Waals surface area contributed by atoms with Crippen LogP contribution in [0.25, 0.3) is 10.8 Å². The van der Waals surface area contributed by atoms with E-state index in [2.05, 4.69) is 0 Å². The van der Waals surface area contributed by atoms with Crippen LogP contribution in [0.15, 0.2) is 30.3 Å². The second-order valence-electron chi connectivity index (χ2n) is 4.00. The van der Waals surface area contributed by atoms with Crippen LogP contribution in [-0.4, -0.2) is 24.6 Å². The second-order valence-corrected chi connectivity index (χ2v) is 4.00. The first-order valence-corrected chi connectivity index (χ1v) is 6.01. The fourth-order valence-corrected chi connectivity index (χ4v) is 2.06. The van der Waals surface area contributed by atoms with Crippen LogP contribution >= 0.6 is 0 Å². The molecule has 0 fully saturated rings. The normalized spacial score (nSPS) is 10.3. The maximum Gasteiger partial charge on any atom is 0.342 e. The first-order valence-electron chi connectivity index (χ1n) is 6.01. The molecule has 0 spiro atoms. The van der Waals surface area contributed by atoms with Gasteiger partial charge in [0.05, 0.1) is 24.0 Å². The molecule has 2 aromatic rings. The predicted molar refractivity (Wildman–Crippen MR) is 73.1 cm³/mol. The average Bonchev–Trinajstić information content (AvgIpc) is 2.45. The largest absolute Gasteiger partial charge is 0.490 e. The van der Waals surface area contributed by atoms with E-state index in [4.69, 9.17) is 9.47 Å². The molecule has 0 atom stereocenters. The molecule has 0 bridgehead atoms. The SMILES string of the molecule is CCOC(=O)c1cc2ccccc2c([N+](=O)[O-])c1OC. The zero-order valence-corrected chi connectivity index (χ0v) is 11.1. The lowest BCUT2D eigenvalue weighted by atomic mass is 10.0. The number of nitrogens with zero attached hydrogens (tertiary/aromatic N) is 1. The van der Waals surface area contributed by atoms with Gasteiger partial charge < -0.3 is 9.47 Å². The molecule has 2 rings (SSSR count). The van der Waals surface area contributed by atoms with Crippen molar-refractivity contribution in [1.82, 2.24) is 0 Å². The molecule has 104 valence electrons. The molecule has 0 amide bonds. The van der Waals surface area contributed by atoms with Crippen molar-refractivity contribution in [1.29, 1.82) is 0 Å². The van der Waals surface area contributed by atoms with E-state index in [0.29, 0.717) is 10.8 Å². The highest BCUT2D eigenvalue weighted by molar-refractivity contribution is 6.04. The van der Waals surface area contributed by atoms with Crippen LogP contribution in [0.3, 0.4) is 0 Å². The van der Waals surface area contributed by atoms with E-state index in [0.717, 1.165) is 0 Å². The van der Waals surface area contributed by atoms with Crippen molar-refractivity contribution in [2.24, 2.45) is 0 Å². The van der Waals surface area contributed by atoms with Crippen molar-refractivity contribution in [3.8, 4) is 5.75 Å². The number of rotatable bonds is 4. The maximum atomic E-state index is 11.9. The smallest absolute Gasteiger partial charge is 0.342 e. The molecular formula is C14H13NO5. The number of esters is 1. The molecule has 20 heavy (non-hydrogen) atoms. The number of nitro groups is 1. The number of nitro benzene ring substituents is 1. The van der Waals surface area contributed by atoms with Crippen molar-refractivity contribution >= 4 is 22.4 Å². The number of ether oxygens (including phenoxy) is 2. The Labute approximate surface area is 115 Å². The van der Waals surface area contributed by atoms with E-state index in [1.54, 1.807) is 37.3 Å². The molecule has 0 radical (unpaired) electrons. The van der Waals surface area contributed by atoms with Gasteiger partial charge in [0.15, 0.2) is 0 Å². The summed E-state index contributed by atoms with van der Waals surface area (Å²) in [6.07, 6.45) is 0. The Morgan fingerprint density at radius 2 is 2.05 bits per heavy atom. The third kappa shape index (κ3) is 2.27. The number of fused-ring (bicyclic) bond motifs is 1. The van der Waals surface area contributed by atoms with Crippen LogP contribution in [0.2, 0.25) is 0 Å². The number of benzene rings is 2. The molecule has 0 saturated heterocycles. The van der Waals surface area contributed by atoms with Crippen LogP contribution in [-0.2, 0) is 4.74 Å². The molecule has 6 heteroatoms. The molecule has 0 N–H and O–H groups in total. The fraction of sp³-hybridized carbons (Fsp3) is 0.214. The van der Waals surface area contributed by atoms with Crippen LogP contribution < -0.4 is 4.74 Å². The fourth-order valence-electron chi connectivity index (χ4n) is 2.06. The summed E-state index contributed by atoms with van der Waals surface area (Å²) in [6.45, 7) is 1.85. The summed E-state index contributed by atoms with van der Waals surface area (Å²) in [5, 5.41) is 12.3. The van der Waals surface area contributed by atoms with Gasteiger partial charge in [-0.25, -0.2) is 4.79 Å². The van der Waals surface area contributed by atoms with E-state index < -0.39 is 10.9 Å². The Balaban J connectivity index is 2.81. The quantitative estimate of drug-likeness (QED) is 0.487. The summed E-state index contributed by atoms with van der Waals surface area (Å²) in [5.74, 6) is -0.717. The van der Waals surface area contributed by atoms with Gasteiger partial charge in [-0.1, -0.05) is 18.2 Å². The molecule has 0 aliphatic carbocycles. The van der Waals surface area contributed by atoms with E-state index in [-0.39, 0.29) is 23.6 Å².